The highest BCUT2D eigenvalue weighted by atomic mass is 16.5. The van der Waals surface area contributed by atoms with Crippen molar-refractivity contribution in [1.29, 1.82) is 0 Å². The molecule has 0 fully saturated rings. The number of hydrogen-bond acceptors (Lipinski definition) is 2. The Morgan fingerprint density at radius 3 is 2.27 bits per heavy atom. The van der Waals surface area contributed by atoms with E-state index in [-0.39, 0.29) is 0 Å². The lowest BCUT2D eigenvalue weighted by atomic mass is 10.1. The zero-order valence-corrected chi connectivity index (χ0v) is 13.2. The minimum Gasteiger partial charge on any atom is -0.487 e. The van der Waals surface area contributed by atoms with Gasteiger partial charge in [-0.1, -0.05) is 30.3 Å². The monoisotopic (exact) mass is 292 g/mol. The summed E-state index contributed by atoms with van der Waals surface area (Å²) in [6.45, 7) is 6.75. The summed E-state index contributed by atoms with van der Waals surface area (Å²) < 4.78 is 8.07. The van der Waals surface area contributed by atoms with Crippen molar-refractivity contribution in [2.75, 3.05) is 0 Å². The molecular formula is C19H20N2O. The van der Waals surface area contributed by atoms with Crippen LogP contribution in [0.15, 0.2) is 54.9 Å². The molecule has 0 N–H and O–H groups in total. The Hall–Kier alpha value is -2.55. The summed E-state index contributed by atoms with van der Waals surface area (Å²) in [5.41, 5.74) is 4.37. The van der Waals surface area contributed by atoms with Gasteiger partial charge in [-0.05, 0) is 49.6 Å². The summed E-state index contributed by atoms with van der Waals surface area (Å²) in [4.78, 5) is 4.73. The molecule has 1 aromatic carbocycles. The van der Waals surface area contributed by atoms with Crippen LogP contribution in [0.4, 0.5) is 0 Å². The van der Waals surface area contributed by atoms with Gasteiger partial charge >= 0.3 is 0 Å². The van der Waals surface area contributed by atoms with Gasteiger partial charge in [-0.15, -0.1) is 0 Å². The summed E-state index contributed by atoms with van der Waals surface area (Å²) >= 11 is 0. The van der Waals surface area contributed by atoms with Crippen LogP contribution in [0.25, 0.3) is 5.82 Å². The van der Waals surface area contributed by atoms with Crippen molar-refractivity contribution in [1.82, 2.24) is 9.55 Å². The Morgan fingerprint density at radius 1 is 0.909 bits per heavy atom. The van der Waals surface area contributed by atoms with E-state index in [0.717, 1.165) is 34.0 Å². The quantitative estimate of drug-likeness (QED) is 0.713. The third-order valence-electron chi connectivity index (χ3n) is 3.92. The van der Waals surface area contributed by atoms with E-state index >= 15 is 0 Å². The fourth-order valence-electron chi connectivity index (χ4n) is 2.57. The van der Waals surface area contributed by atoms with Crippen LogP contribution in [0, 0.1) is 20.8 Å². The smallest absolute Gasteiger partial charge is 0.144 e. The Balaban J connectivity index is 1.91. The minimum atomic E-state index is 0.562. The lowest BCUT2D eigenvalue weighted by Crippen LogP contribution is -2.06. The molecule has 0 bridgehead atoms. The Morgan fingerprint density at radius 2 is 1.59 bits per heavy atom. The normalized spacial score (nSPS) is 10.7. The van der Waals surface area contributed by atoms with Crippen LogP contribution < -0.4 is 4.74 Å². The third-order valence-corrected chi connectivity index (χ3v) is 3.92. The second-order valence-electron chi connectivity index (χ2n) is 5.46. The number of aryl methyl sites for hydroxylation is 1. The molecular weight excluding hydrogens is 272 g/mol. The van der Waals surface area contributed by atoms with Crippen molar-refractivity contribution in [2.45, 2.75) is 27.4 Å². The zero-order chi connectivity index (χ0) is 15.5. The third kappa shape index (κ3) is 2.75. The van der Waals surface area contributed by atoms with Crippen molar-refractivity contribution in [3.8, 4) is 11.6 Å². The van der Waals surface area contributed by atoms with Gasteiger partial charge in [0, 0.05) is 12.4 Å². The fraction of sp³-hybridized carbons (Fsp3) is 0.211. The second-order valence-corrected chi connectivity index (χ2v) is 5.46. The number of pyridine rings is 1. The maximum Gasteiger partial charge on any atom is 0.144 e. The first-order chi connectivity index (χ1) is 10.7. The molecule has 3 rings (SSSR count). The highest BCUT2D eigenvalue weighted by Gasteiger charge is 2.14. The molecule has 2 heterocycles. The van der Waals surface area contributed by atoms with Gasteiger partial charge in [0.1, 0.15) is 18.2 Å². The number of nitrogens with zero attached hydrogens (tertiary/aromatic N) is 2. The van der Waals surface area contributed by atoms with E-state index in [0.29, 0.717) is 6.61 Å². The van der Waals surface area contributed by atoms with Crippen molar-refractivity contribution in [3.05, 3.63) is 77.2 Å². The molecule has 0 amide bonds. The summed E-state index contributed by atoms with van der Waals surface area (Å²) in [5.74, 6) is 1.85. The predicted molar refractivity (Wildman–Crippen MR) is 88.5 cm³/mol. The van der Waals surface area contributed by atoms with E-state index in [9.17, 15) is 0 Å². The van der Waals surface area contributed by atoms with Crippen LogP contribution in [0.3, 0.4) is 0 Å². The van der Waals surface area contributed by atoms with Crippen LogP contribution in [-0.2, 0) is 6.61 Å². The van der Waals surface area contributed by atoms with E-state index in [1.807, 2.05) is 54.2 Å². The minimum absolute atomic E-state index is 0.562. The molecule has 0 aliphatic rings. The molecule has 112 valence electrons. The first kappa shape index (κ1) is 14.4. The van der Waals surface area contributed by atoms with Crippen LogP contribution in [0.1, 0.15) is 22.4 Å². The topological polar surface area (TPSA) is 27.1 Å². The van der Waals surface area contributed by atoms with Gasteiger partial charge in [-0.3, -0.25) is 0 Å². The van der Waals surface area contributed by atoms with Gasteiger partial charge in [0.2, 0.25) is 0 Å². The molecule has 0 unspecified atom stereocenters. The maximum absolute atomic E-state index is 6.04. The van der Waals surface area contributed by atoms with Gasteiger partial charge in [-0.25, -0.2) is 4.98 Å². The average Bonchev–Trinajstić information content (AvgIpc) is 3.06. The van der Waals surface area contributed by atoms with Crippen LogP contribution in [-0.4, -0.2) is 9.55 Å². The molecule has 3 aromatic rings. The van der Waals surface area contributed by atoms with Gasteiger partial charge in [0.15, 0.2) is 0 Å². The molecule has 0 spiro atoms. The Labute approximate surface area is 131 Å². The second kappa shape index (κ2) is 6.06. The number of ether oxygens (including phenoxy) is 1. The molecule has 0 aliphatic carbocycles. The first-order valence-electron chi connectivity index (χ1n) is 7.44. The molecule has 3 nitrogen and oxygen atoms in total. The highest BCUT2D eigenvalue weighted by molar-refractivity contribution is 5.49. The molecule has 0 saturated heterocycles. The molecule has 0 saturated carbocycles. The lowest BCUT2D eigenvalue weighted by molar-refractivity contribution is 0.300. The lowest BCUT2D eigenvalue weighted by Gasteiger charge is -2.17. The number of hydrogen-bond donors (Lipinski definition) is 0. The number of benzene rings is 1. The molecule has 22 heavy (non-hydrogen) atoms. The molecule has 0 radical (unpaired) electrons. The predicted octanol–water partition coefficient (Wildman–Crippen LogP) is 4.38. The van der Waals surface area contributed by atoms with E-state index in [1.54, 1.807) is 0 Å². The van der Waals surface area contributed by atoms with Gasteiger partial charge < -0.3 is 9.30 Å². The first-order valence-corrected chi connectivity index (χ1v) is 7.44. The van der Waals surface area contributed by atoms with E-state index < -0.39 is 0 Å². The van der Waals surface area contributed by atoms with Gasteiger partial charge in [0.25, 0.3) is 0 Å². The molecule has 0 atom stereocenters. The Kier molecular flexibility index (Phi) is 3.96. The van der Waals surface area contributed by atoms with E-state index in [1.165, 1.54) is 0 Å². The van der Waals surface area contributed by atoms with Crippen molar-refractivity contribution < 1.29 is 4.74 Å². The summed E-state index contributed by atoms with van der Waals surface area (Å²) in [6, 6.07) is 14.2. The average molecular weight is 292 g/mol. The van der Waals surface area contributed by atoms with Gasteiger partial charge in [-0.2, -0.15) is 0 Å². The van der Waals surface area contributed by atoms with E-state index in [4.69, 9.17) is 9.72 Å². The SMILES string of the molecule is Cc1nc(-n2cccc2)c(C)c(C)c1OCc1ccccc1. The standard InChI is InChI=1S/C19H20N2O/c1-14-15(2)19(21-11-7-8-12-21)20-16(3)18(14)22-13-17-9-5-4-6-10-17/h4-12H,13H2,1-3H3. The van der Waals surface area contributed by atoms with Crippen LogP contribution in [0.2, 0.25) is 0 Å². The summed E-state index contributed by atoms with van der Waals surface area (Å²) in [7, 11) is 0. The number of rotatable bonds is 4. The number of aromatic nitrogens is 2. The summed E-state index contributed by atoms with van der Waals surface area (Å²) in [5, 5.41) is 0. The molecule has 0 aliphatic heterocycles. The molecule has 2 aromatic heterocycles. The largest absolute Gasteiger partial charge is 0.487 e. The maximum atomic E-state index is 6.04. The highest BCUT2D eigenvalue weighted by Crippen LogP contribution is 2.29. The van der Waals surface area contributed by atoms with Crippen LogP contribution >= 0.6 is 0 Å². The Bertz CT molecular complexity index is 762. The summed E-state index contributed by atoms with van der Waals surface area (Å²) in [6.07, 6.45) is 4.03. The van der Waals surface area contributed by atoms with E-state index in [2.05, 4.69) is 26.0 Å². The van der Waals surface area contributed by atoms with Crippen LogP contribution in [0.5, 0.6) is 5.75 Å². The van der Waals surface area contributed by atoms with Crippen molar-refractivity contribution in [3.63, 3.8) is 0 Å². The van der Waals surface area contributed by atoms with Gasteiger partial charge in [0.05, 0.1) is 5.69 Å². The zero-order valence-electron chi connectivity index (χ0n) is 13.2. The van der Waals surface area contributed by atoms with Crippen molar-refractivity contribution in [2.24, 2.45) is 0 Å². The molecule has 3 heteroatoms. The fourth-order valence-corrected chi connectivity index (χ4v) is 2.57. The van der Waals surface area contributed by atoms with Crippen molar-refractivity contribution >= 4 is 0 Å².